The number of pyridine rings is 1. The van der Waals surface area contributed by atoms with Crippen LogP contribution < -0.4 is 16.2 Å². The number of benzene rings is 1. The quantitative estimate of drug-likeness (QED) is 0.748. The van der Waals surface area contributed by atoms with Gasteiger partial charge in [-0.15, -0.1) is 0 Å². The number of carbonyl (C=O) groups is 1. The first-order valence-electron chi connectivity index (χ1n) is 7.37. The number of amides is 1. The number of aromatic nitrogens is 2. The lowest BCUT2D eigenvalue weighted by Gasteiger charge is -2.17. The van der Waals surface area contributed by atoms with Crippen molar-refractivity contribution in [1.29, 1.82) is 0 Å². The van der Waals surface area contributed by atoms with Gasteiger partial charge in [-0.1, -0.05) is 11.6 Å². The number of halogens is 2. The smallest absolute Gasteiger partial charge is 0.253 e. The average molecular weight is 363 g/mol. The summed E-state index contributed by atoms with van der Waals surface area (Å²) < 4.78 is 21.1. The number of ether oxygens (including phenoxy) is 1. The topological polar surface area (TPSA) is 96.2 Å². The van der Waals surface area contributed by atoms with Gasteiger partial charge in [-0.25, -0.2) is 9.37 Å². The molecule has 0 unspecified atom stereocenters. The summed E-state index contributed by atoms with van der Waals surface area (Å²) >= 11 is 5.99. The van der Waals surface area contributed by atoms with E-state index in [1.54, 1.807) is 19.9 Å². The predicted molar refractivity (Wildman–Crippen MR) is 95.0 cm³/mol. The molecular weight excluding hydrogens is 347 g/mol. The van der Waals surface area contributed by atoms with Gasteiger partial charge in [-0.3, -0.25) is 9.36 Å². The van der Waals surface area contributed by atoms with Gasteiger partial charge in [-0.2, -0.15) is 0 Å². The van der Waals surface area contributed by atoms with Gasteiger partial charge in [0.15, 0.2) is 0 Å². The van der Waals surface area contributed by atoms with Crippen molar-refractivity contribution < 1.29 is 13.9 Å². The third-order valence-corrected chi connectivity index (χ3v) is 4.40. The van der Waals surface area contributed by atoms with Crippen LogP contribution in [0.4, 0.5) is 10.2 Å². The standard InChI is InChI=1S/C17H16ClFN4O2/c1-7-11(19)5-12(25-3)8(2)14(7)23-15(20)13(16(21)24)10-4-9(18)6-22-17(10)23/h4-6H,20H2,1-3H3,(H2,21,24). The lowest BCUT2D eigenvalue weighted by atomic mass is 10.1. The Labute approximate surface area is 148 Å². The molecule has 0 saturated carbocycles. The molecule has 1 amide bonds. The maximum absolute atomic E-state index is 14.4. The van der Waals surface area contributed by atoms with Crippen LogP contribution in [0.5, 0.6) is 5.75 Å². The number of primary amides is 1. The minimum Gasteiger partial charge on any atom is -0.496 e. The molecule has 2 aromatic heterocycles. The van der Waals surface area contributed by atoms with Crippen molar-refractivity contribution in [3.8, 4) is 11.4 Å². The molecule has 4 N–H and O–H groups in total. The largest absolute Gasteiger partial charge is 0.496 e. The second-order valence-electron chi connectivity index (χ2n) is 5.64. The predicted octanol–water partition coefficient (Wildman–Crippen LogP) is 3.12. The van der Waals surface area contributed by atoms with E-state index in [1.165, 1.54) is 23.9 Å². The minimum absolute atomic E-state index is 0.0659. The van der Waals surface area contributed by atoms with E-state index in [9.17, 15) is 9.18 Å². The van der Waals surface area contributed by atoms with Crippen LogP contribution in [0, 0.1) is 19.7 Å². The summed E-state index contributed by atoms with van der Waals surface area (Å²) in [5.41, 5.74) is 13.6. The van der Waals surface area contributed by atoms with E-state index in [0.717, 1.165) is 0 Å². The number of nitrogen functional groups attached to an aromatic ring is 1. The van der Waals surface area contributed by atoms with Gasteiger partial charge in [0.05, 0.1) is 23.4 Å². The zero-order valence-corrected chi connectivity index (χ0v) is 14.6. The number of hydrogen-bond acceptors (Lipinski definition) is 4. The highest BCUT2D eigenvalue weighted by Gasteiger charge is 2.25. The van der Waals surface area contributed by atoms with Crippen LogP contribution in [0.25, 0.3) is 16.7 Å². The van der Waals surface area contributed by atoms with Gasteiger partial charge < -0.3 is 16.2 Å². The number of nitrogens with zero attached hydrogens (tertiary/aromatic N) is 2. The molecule has 130 valence electrons. The van der Waals surface area contributed by atoms with Crippen molar-refractivity contribution in [2.45, 2.75) is 13.8 Å². The van der Waals surface area contributed by atoms with Gasteiger partial charge in [0.1, 0.15) is 23.0 Å². The first kappa shape index (κ1) is 17.0. The molecule has 3 rings (SSSR count). The molecule has 0 aliphatic carbocycles. The Bertz CT molecular complexity index is 1030. The van der Waals surface area contributed by atoms with Crippen LogP contribution in [0.1, 0.15) is 21.5 Å². The van der Waals surface area contributed by atoms with E-state index >= 15 is 0 Å². The van der Waals surface area contributed by atoms with E-state index in [1.807, 2.05) is 0 Å². The van der Waals surface area contributed by atoms with Gasteiger partial charge >= 0.3 is 0 Å². The molecule has 0 bridgehead atoms. The van der Waals surface area contributed by atoms with Crippen LogP contribution in [0.3, 0.4) is 0 Å². The summed E-state index contributed by atoms with van der Waals surface area (Å²) in [5.74, 6) is -0.762. The first-order chi connectivity index (χ1) is 11.8. The van der Waals surface area contributed by atoms with Gasteiger partial charge in [0.2, 0.25) is 0 Å². The molecule has 0 spiro atoms. The van der Waals surface area contributed by atoms with Crippen molar-refractivity contribution >= 4 is 34.4 Å². The molecule has 25 heavy (non-hydrogen) atoms. The number of methoxy groups -OCH3 is 1. The monoisotopic (exact) mass is 362 g/mol. The van der Waals surface area contributed by atoms with Crippen molar-refractivity contribution in [3.05, 3.63) is 45.9 Å². The molecule has 0 aliphatic rings. The molecule has 0 fully saturated rings. The Balaban J connectivity index is 2.52. The average Bonchev–Trinajstić information content (AvgIpc) is 2.83. The van der Waals surface area contributed by atoms with Gasteiger partial charge in [0.25, 0.3) is 5.91 Å². The normalized spacial score (nSPS) is 11.1. The zero-order valence-electron chi connectivity index (χ0n) is 13.9. The first-order valence-corrected chi connectivity index (χ1v) is 7.75. The number of hydrogen-bond donors (Lipinski definition) is 2. The molecule has 0 saturated heterocycles. The number of fused-ring (bicyclic) bond motifs is 1. The second-order valence-corrected chi connectivity index (χ2v) is 6.08. The molecule has 2 heterocycles. The summed E-state index contributed by atoms with van der Waals surface area (Å²) in [6, 6.07) is 2.85. The lowest BCUT2D eigenvalue weighted by molar-refractivity contribution is 0.100. The van der Waals surface area contributed by atoms with Crippen molar-refractivity contribution in [1.82, 2.24) is 9.55 Å². The molecule has 8 heteroatoms. The highest BCUT2D eigenvalue weighted by Crippen LogP contribution is 2.37. The Kier molecular flexibility index (Phi) is 4.04. The lowest BCUT2D eigenvalue weighted by Crippen LogP contribution is -2.14. The SMILES string of the molecule is COc1cc(F)c(C)c(-n2c(N)c(C(N)=O)c3cc(Cl)cnc32)c1C. The second kappa shape index (κ2) is 5.93. The third kappa shape index (κ3) is 2.47. The van der Waals surface area contributed by atoms with Gasteiger partial charge in [-0.05, 0) is 19.9 Å². The van der Waals surface area contributed by atoms with Crippen LogP contribution in [0.2, 0.25) is 5.02 Å². The summed E-state index contributed by atoms with van der Waals surface area (Å²) in [4.78, 5) is 16.2. The van der Waals surface area contributed by atoms with E-state index in [-0.39, 0.29) is 11.4 Å². The van der Waals surface area contributed by atoms with Crippen LogP contribution in [0.15, 0.2) is 18.3 Å². The van der Waals surface area contributed by atoms with Crippen molar-refractivity contribution in [2.75, 3.05) is 12.8 Å². The highest BCUT2D eigenvalue weighted by molar-refractivity contribution is 6.31. The van der Waals surface area contributed by atoms with Gasteiger partial charge in [0, 0.05) is 28.8 Å². The summed E-state index contributed by atoms with van der Waals surface area (Å²) in [6.45, 7) is 3.38. The maximum Gasteiger partial charge on any atom is 0.253 e. The summed E-state index contributed by atoms with van der Waals surface area (Å²) in [6.07, 6.45) is 1.42. The molecule has 0 aliphatic heterocycles. The molecular formula is C17H16ClFN4O2. The van der Waals surface area contributed by atoms with Crippen LogP contribution in [-0.2, 0) is 0 Å². The minimum atomic E-state index is -0.719. The van der Waals surface area contributed by atoms with E-state index in [2.05, 4.69) is 4.98 Å². The number of carbonyl (C=O) groups excluding carboxylic acids is 1. The maximum atomic E-state index is 14.4. The fraction of sp³-hybridized carbons (Fsp3) is 0.176. The fourth-order valence-electron chi connectivity index (χ4n) is 3.03. The Hall–Kier alpha value is -2.80. The molecule has 0 radical (unpaired) electrons. The zero-order chi connectivity index (χ0) is 18.5. The van der Waals surface area contributed by atoms with Crippen molar-refractivity contribution in [2.24, 2.45) is 5.73 Å². The Morgan fingerprint density at radius 3 is 2.60 bits per heavy atom. The van der Waals surface area contributed by atoms with E-state index < -0.39 is 11.7 Å². The number of anilines is 1. The summed E-state index contributed by atoms with van der Waals surface area (Å²) in [5, 5.41) is 0.733. The number of nitrogens with two attached hydrogens (primary N) is 2. The van der Waals surface area contributed by atoms with E-state index in [4.69, 9.17) is 27.8 Å². The molecule has 3 aromatic rings. The van der Waals surface area contributed by atoms with E-state index in [0.29, 0.717) is 38.6 Å². The number of rotatable bonds is 3. The van der Waals surface area contributed by atoms with Crippen molar-refractivity contribution in [3.63, 3.8) is 0 Å². The Morgan fingerprint density at radius 1 is 1.32 bits per heavy atom. The molecule has 6 nitrogen and oxygen atoms in total. The Morgan fingerprint density at radius 2 is 2.00 bits per heavy atom. The highest BCUT2D eigenvalue weighted by atomic mass is 35.5. The van der Waals surface area contributed by atoms with Crippen LogP contribution in [-0.4, -0.2) is 22.6 Å². The third-order valence-electron chi connectivity index (χ3n) is 4.20. The molecule has 1 aromatic carbocycles. The van der Waals surface area contributed by atoms with Crippen LogP contribution >= 0.6 is 11.6 Å². The molecule has 0 atom stereocenters. The fourth-order valence-corrected chi connectivity index (χ4v) is 3.19. The summed E-state index contributed by atoms with van der Waals surface area (Å²) in [7, 11) is 1.45.